The Balaban J connectivity index is 1.61. The van der Waals surface area contributed by atoms with Crippen molar-refractivity contribution in [1.82, 2.24) is 4.98 Å². The van der Waals surface area contributed by atoms with Gasteiger partial charge in [-0.3, -0.25) is 5.32 Å². The lowest BCUT2D eigenvalue weighted by Crippen LogP contribution is -2.27. The van der Waals surface area contributed by atoms with Gasteiger partial charge >= 0.3 is 12.2 Å². The predicted octanol–water partition coefficient (Wildman–Crippen LogP) is 8.56. The van der Waals surface area contributed by atoms with Gasteiger partial charge in [0.15, 0.2) is 6.10 Å². The molecule has 4 aromatic carbocycles. The molecule has 0 aliphatic heterocycles. The fourth-order valence-electron chi connectivity index (χ4n) is 5.31. The average Bonchev–Trinajstić information content (AvgIpc) is 3.03. The summed E-state index contributed by atoms with van der Waals surface area (Å²) in [5.74, 6) is 0.895. The van der Waals surface area contributed by atoms with Gasteiger partial charge in [-0.2, -0.15) is 0 Å². The fraction of sp³-hybridized carbons (Fsp3) is 0.229. The van der Waals surface area contributed by atoms with Crippen molar-refractivity contribution in [3.8, 4) is 0 Å². The lowest BCUT2D eigenvalue weighted by molar-refractivity contribution is 0.126. The minimum absolute atomic E-state index is 0.322. The number of carbonyl (C=O) groups excluding carboxylic acids is 2. The molecule has 0 bridgehead atoms. The number of para-hydroxylation sites is 2. The van der Waals surface area contributed by atoms with E-state index in [2.05, 4.69) is 15.5 Å². The summed E-state index contributed by atoms with van der Waals surface area (Å²) in [5, 5.41) is 8.20. The smallest absolute Gasteiger partial charge is 0.411 e. The minimum atomic E-state index is -0.946. The van der Waals surface area contributed by atoms with Gasteiger partial charge < -0.3 is 25.4 Å². The summed E-state index contributed by atoms with van der Waals surface area (Å²) in [4.78, 5) is 31.8. The molecule has 0 spiro atoms. The van der Waals surface area contributed by atoms with Crippen molar-refractivity contribution in [2.24, 2.45) is 5.73 Å². The molecule has 2 amide bonds. The van der Waals surface area contributed by atoms with E-state index in [1.54, 1.807) is 26.0 Å². The second-order valence-corrected chi connectivity index (χ2v) is 11.6. The summed E-state index contributed by atoms with van der Waals surface area (Å²) in [5.41, 5.74) is 11.3. The quantitative estimate of drug-likeness (QED) is 0.0906. The Bertz CT molecular complexity index is 1770. The zero-order valence-corrected chi connectivity index (χ0v) is 27.0. The Hall–Kier alpha value is -4.73. The van der Waals surface area contributed by atoms with Crippen molar-refractivity contribution < 1.29 is 19.1 Å². The Labute approximate surface area is 277 Å². The van der Waals surface area contributed by atoms with Crippen LogP contribution in [0, 0.1) is 0 Å². The number of hydrogen-bond donors (Lipinski definition) is 3. The van der Waals surface area contributed by atoms with Crippen LogP contribution in [-0.4, -0.2) is 48.1 Å². The number of nitrogens with zero attached hydrogens (tertiary/aromatic N) is 2. The van der Waals surface area contributed by atoms with Crippen LogP contribution < -0.4 is 21.3 Å². The predicted molar refractivity (Wildman–Crippen MR) is 187 cm³/mol. The van der Waals surface area contributed by atoms with Crippen LogP contribution in [0.5, 0.6) is 0 Å². The van der Waals surface area contributed by atoms with Crippen molar-refractivity contribution in [1.29, 1.82) is 0 Å². The number of anilines is 4. The Morgan fingerprint density at radius 2 is 1.39 bits per heavy atom. The maximum atomic E-state index is 12.7. The normalized spacial score (nSPS) is 11.8. The van der Waals surface area contributed by atoms with Gasteiger partial charge in [0.05, 0.1) is 22.8 Å². The van der Waals surface area contributed by atoms with E-state index >= 15 is 0 Å². The van der Waals surface area contributed by atoms with Gasteiger partial charge in [0.1, 0.15) is 0 Å². The molecular weight excluding hydrogens is 625 g/mol. The van der Waals surface area contributed by atoms with Crippen LogP contribution in [0.3, 0.4) is 0 Å². The number of ether oxygens (including phenoxy) is 2. The maximum Gasteiger partial charge on any atom is 0.411 e. The third-order valence-corrected chi connectivity index (χ3v) is 7.55. The van der Waals surface area contributed by atoms with Gasteiger partial charge in [0, 0.05) is 58.2 Å². The van der Waals surface area contributed by atoms with Gasteiger partial charge in [-0.15, -0.1) is 23.2 Å². The molecule has 0 aliphatic rings. The van der Waals surface area contributed by atoms with Gasteiger partial charge in [0.2, 0.25) is 0 Å². The average molecular weight is 661 g/mol. The molecule has 1 atom stereocenters. The Morgan fingerprint density at radius 3 is 1.96 bits per heavy atom. The van der Waals surface area contributed by atoms with Crippen LogP contribution in [0.2, 0.25) is 0 Å². The van der Waals surface area contributed by atoms with Crippen molar-refractivity contribution >= 4 is 79.9 Å². The molecule has 0 saturated heterocycles. The first kappa shape index (κ1) is 32.7. The highest BCUT2D eigenvalue weighted by molar-refractivity contribution is 6.18. The number of halogens is 2. The summed E-state index contributed by atoms with van der Waals surface area (Å²) < 4.78 is 11.0. The first-order valence-electron chi connectivity index (χ1n) is 14.9. The van der Waals surface area contributed by atoms with E-state index in [-0.39, 0.29) is 6.10 Å². The number of aromatic nitrogens is 1. The van der Waals surface area contributed by atoms with Crippen LogP contribution in [0.4, 0.5) is 32.3 Å². The number of nitrogens with two attached hydrogens (primary N) is 1. The summed E-state index contributed by atoms with van der Waals surface area (Å²) in [6.45, 7) is 4.79. The molecule has 0 radical (unpaired) electrons. The summed E-state index contributed by atoms with van der Waals surface area (Å²) in [6.07, 6.45) is -2.78. The molecule has 1 heterocycles. The molecule has 0 fully saturated rings. The van der Waals surface area contributed by atoms with Crippen LogP contribution in [-0.2, 0) is 9.47 Å². The zero-order chi connectivity index (χ0) is 32.6. The van der Waals surface area contributed by atoms with E-state index in [4.69, 9.17) is 43.4 Å². The van der Waals surface area contributed by atoms with Crippen molar-refractivity contribution in [2.75, 3.05) is 40.4 Å². The second-order valence-electron chi connectivity index (χ2n) is 10.8. The summed E-state index contributed by atoms with van der Waals surface area (Å²) in [6, 6.07) is 28.6. The maximum absolute atomic E-state index is 12.7. The largest absolute Gasteiger partial charge is 0.447 e. The van der Waals surface area contributed by atoms with E-state index in [9.17, 15) is 9.59 Å². The molecule has 4 N–H and O–H groups in total. The fourth-order valence-corrected chi connectivity index (χ4v) is 5.71. The molecule has 0 aliphatic carbocycles. The summed E-state index contributed by atoms with van der Waals surface area (Å²) >= 11 is 12.0. The van der Waals surface area contributed by atoms with Gasteiger partial charge in [-0.05, 0) is 61.9 Å². The molecule has 1 unspecified atom stereocenters. The second kappa shape index (κ2) is 15.0. The highest BCUT2D eigenvalue weighted by Crippen LogP contribution is 2.37. The summed E-state index contributed by atoms with van der Waals surface area (Å²) in [7, 11) is 0. The molecule has 0 saturated carbocycles. The molecule has 5 aromatic rings. The van der Waals surface area contributed by atoms with Crippen molar-refractivity contribution in [3.63, 3.8) is 0 Å². The topological polar surface area (TPSA) is 119 Å². The number of amides is 2. The van der Waals surface area contributed by atoms with Gasteiger partial charge in [0.25, 0.3) is 0 Å². The van der Waals surface area contributed by atoms with Crippen LogP contribution in [0.15, 0.2) is 91.0 Å². The molecule has 46 heavy (non-hydrogen) atoms. The first-order valence-corrected chi connectivity index (χ1v) is 15.9. The number of pyridine rings is 1. The molecule has 1 aromatic heterocycles. The molecule has 9 nitrogen and oxygen atoms in total. The zero-order valence-electron chi connectivity index (χ0n) is 25.5. The lowest BCUT2D eigenvalue weighted by atomic mass is 9.99. The van der Waals surface area contributed by atoms with Gasteiger partial charge in [-0.1, -0.05) is 48.5 Å². The van der Waals surface area contributed by atoms with E-state index in [0.29, 0.717) is 47.4 Å². The number of rotatable bonds is 12. The SMILES string of the molecule is CC(C)OC(=O)Nc1cc(Nc2c3ccccc3nc3ccccc23)cc(C(OC(N)=O)c2ccc(N(CCCl)CCCl)cc2)c1. The van der Waals surface area contributed by atoms with Crippen molar-refractivity contribution in [2.45, 2.75) is 26.1 Å². The van der Waals surface area contributed by atoms with E-state index in [1.165, 1.54) is 0 Å². The lowest BCUT2D eigenvalue weighted by Gasteiger charge is -2.24. The monoisotopic (exact) mass is 659 g/mol. The number of alkyl halides is 2. The van der Waals surface area contributed by atoms with Crippen molar-refractivity contribution in [3.05, 3.63) is 102 Å². The molecule has 11 heteroatoms. The third-order valence-electron chi connectivity index (χ3n) is 7.21. The highest BCUT2D eigenvalue weighted by Gasteiger charge is 2.22. The number of benzene rings is 4. The molecule has 5 rings (SSSR count). The van der Waals surface area contributed by atoms with E-state index < -0.39 is 18.3 Å². The number of nitrogens with one attached hydrogen (secondary N) is 2. The number of primary amides is 1. The van der Waals surface area contributed by atoms with Crippen LogP contribution in [0.1, 0.15) is 31.1 Å². The number of carbonyl (C=O) groups is 2. The standard InChI is InChI=1S/C35H35Cl2N5O4/c1-22(2)45-35(44)40-26-20-24(33(46-34(38)43)23-11-13-27(14-12-23)42(17-15-36)18-16-37)19-25(21-26)39-32-28-7-3-5-9-30(28)41-31-10-6-4-8-29(31)32/h3-14,19-22,33H,15-18H2,1-2H3,(H2,38,43)(H,39,41)(H,40,44). The highest BCUT2D eigenvalue weighted by atomic mass is 35.5. The number of hydrogen-bond acceptors (Lipinski definition) is 7. The van der Waals surface area contributed by atoms with Crippen LogP contribution in [0.25, 0.3) is 21.8 Å². The first-order chi connectivity index (χ1) is 22.2. The van der Waals surface area contributed by atoms with Gasteiger partial charge in [-0.25, -0.2) is 14.6 Å². The van der Waals surface area contributed by atoms with E-state index in [1.807, 2.05) is 78.9 Å². The molecular formula is C35H35Cl2N5O4. The van der Waals surface area contributed by atoms with Crippen LogP contribution >= 0.6 is 23.2 Å². The number of fused-ring (bicyclic) bond motifs is 2. The minimum Gasteiger partial charge on any atom is -0.447 e. The third kappa shape index (κ3) is 7.91. The Kier molecular flexibility index (Phi) is 10.7. The van der Waals surface area contributed by atoms with E-state index in [0.717, 1.165) is 33.2 Å². The molecule has 238 valence electrons. The Morgan fingerprint density at radius 1 is 0.804 bits per heavy atom.